The fraction of sp³-hybridized carbons (Fsp3) is 0.471. The van der Waals surface area contributed by atoms with Crippen LogP contribution in [0, 0.1) is 0 Å². The number of para-hydroxylation sites is 1. The number of urea groups is 1. The van der Waals surface area contributed by atoms with Crippen LogP contribution >= 0.6 is 0 Å². The second-order valence-electron chi connectivity index (χ2n) is 6.28. The molecular formula is C17H23N5O. The van der Waals surface area contributed by atoms with Gasteiger partial charge in [0.1, 0.15) is 12.2 Å². The number of hydrogen-bond donors (Lipinski definition) is 2. The van der Waals surface area contributed by atoms with E-state index in [9.17, 15) is 4.79 Å². The van der Waals surface area contributed by atoms with Gasteiger partial charge in [-0.25, -0.2) is 4.79 Å². The minimum Gasteiger partial charge on any atom is -0.336 e. The van der Waals surface area contributed by atoms with Crippen LogP contribution in [-0.2, 0) is 6.54 Å². The molecule has 1 heterocycles. The van der Waals surface area contributed by atoms with Gasteiger partial charge in [0, 0.05) is 24.7 Å². The smallest absolute Gasteiger partial charge is 0.319 e. The molecule has 6 nitrogen and oxygen atoms in total. The largest absolute Gasteiger partial charge is 0.336 e. The van der Waals surface area contributed by atoms with Crippen molar-refractivity contribution in [1.82, 2.24) is 20.1 Å². The van der Waals surface area contributed by atoms with Gasteiger partial charge in [0.2, 0.25) is 0 Å². The number of anilines is 1. The van der Waals surface area contributed by atoms with Gasteiger partial charge in [0.05, 0.1) is 0 Å². The molecule has 1 aliphatic carbocycles. The van der Waals surface area contributed by atoms with Gasteiger partial charge in [-0.1, -0.05) is 32.0 Å². The molecule has 0 radical (unpaired) electrons. The Morgan fingerprint density at radius 1 is 1.35 bits per heavy atom. The summed E-state index contributed by atoms with van der Waals surface area (Å²) in [5.74, 6) is 1.96. The molecule has 6 heteroatoms. The van der Waals surface area contributed by atoms with Crippen LogP contribution in [0.1, 0.15) is 49.9 Å². The van der Waals surface area contributed by atoms with Crippen molar-refractivity contribution in [3.63, 3.8) is 0 Å². The van der Waals surface area contributed by atoms with E-state index in [0.717, 1.165) is 17.1 Å². The zero-order valence-electron chi connectivity index (χ0n) is 13.6. The van der Waals surface area contributed by atoms with Gasteiger partial charge in [-0.05, 0) is 30.4 Å². The van der Waals surface area contributed by atoms with Crippen molar-refractivity contribution in [1.29, 1.82) is 0 Å². The Labute approximate surface area is 136 Å². The maximum Gasteiger partial charge on any atom is 0.319 e. The van der Waals surface area contributed by atoms with E-state index in [1.54, 1.807) is 6.33 Å². The van der Waals surface area contributed by atoms with Gasteiger partial charge in [-0.3, -0.25) is 0 Å². The molecular weight excluding hydrogens is 290 g/mol. The predicted molar refractivity (Wildman–Crippen MR) is 89.5 cm³/mol. The topological polar surface area (TPSA) is 71.8 Å². The van der Waals surface area contributed by atoms with Gasteiger partial charge in [0.15, 0.2) is 0 Å². The molecule has 2 aromatic rings. The first kappa shape index (κ1) is 15.5. The Morgan fingerprint density at radius 2 is 2.13 bits per heavy atom. The van der Waals surface area contributed by atoms with Gasteiger partial charge in [0.25, 0.3) is 0 Å². The van der Waals surface area contributed by atoms with E-state index in [0.29, 0.717) is 24.9 Å². The number of hydrogen-bond acceptors (Lipinski definition) is 3. The highest BCUT2D eigenvalue weighted by molar-refractivity contribution is 5.90. The van der Waals surface area contributed by atoms with Gasteiger partial charge in [-0.15, -0.1) is 10.2 Å². The summed E-state index contributed by atoms with van der Waals surface area (Å²) < 4.78 is 2.03. The summed E-state index contributed by atoms with van der Waals surface area (Å²) in [5.41, 5.74) is 2.00. The summed E-state index contributed by atoms with van der Waals surface area (Å²) in [7, 11) is 0. The highest BCUT2D eigenvalue weighted by Gasteiger charge is 2.28. The molecule has 2 N–H and O–H groups in total. The molecule has 1 aromatic carbocycles. The van der Waals surface area contributed by atoms with E-state index in [4.69, 9.17) is 0 Å². The summed E-state index contributed by atoms with van der Waals surface area (Å²) in [5, 5.41) is 14.0. The number of benzene rings is 1. The first-order valence-corrected chi connectivity index (χ1v) is 8.16. The van der Waals surface area contributed by atoms with Crippen molar-refractivity contribution >= 4 is 11.7 Å². The van der Waals surface area contributed by atoms with Crippen molar-refractivity contribution in [3.8, 4) is 0 Å². The van der Waals surface area contributed by atoms with E-state index in [-0.39, 0.29) is 6.03 Å². The zero-order chi connectivity index (χ0) is 16.2. The van der Waals surface area contributed by atoms with Crippen LogP contribution in [0.2, 0.25) is 0 Å². The number of nitrogens with one attached hydrogen (secondary N) is 2. The first-order valence-electron chi connectivity index (χ1n) is 8.16. The Kier molecular flexibility index (Phi) is 4.60. The predicted octanol–water partition coefficient (Wildman–Crippen LogP) is 3.10. The quantitative estimate of drug-likeness (QED) is 0.861. The van der Waals surface area contributed by atoms with E-state index in [2.05, 4.69) is 34.7 Å². The second kappa shape index (κ2) is 6.81. The SMILES string of the molecule is CC(C)c1ccccc1NC(=O)NCCn1cnnc1C1CC1. The van der Waals surface area contributed by atoms with E-state index in [1.807, 2.05) is 28.8 Å². The fourth-order valence-corrected chi connectivity index (χ4v) is 2.66. The van der Waals surface area contributed by atoms with Crippen LogP contribution in [0.3, 0.4) is 0 Å². The minimum absolute atomic E-state index is 0.181. The van der Waals surface area contributed by atoms with Crippen LogP contribution in [0.4, 0.5) is 10.5 Å². The minimum atomic E-state index is -0.181. The summed E-state index contributed by atoms with van der Waals surface area (Å²) in [6.07, 6.45) is 4.12. The first-order chi connectivity index (χ1) is 11.1. The van der Waals surface area contributed by atoms with Gasteiger partial charge in [-0.2, -0.15) is 0 Å². The van der Waals surface area contributed by atoms with Crippen LogP contribution in [0.5, 0.6) is 0 Å². The third kappa shape index (κ3) is 3.88. The Morgan fingerprint density at radius 3 is 2.87 bits per heavy atom. The molecule has 0 unspecified atom stereocenters. The zero-order valence-corrected chi connectivity index (χ0v) is 13.6. The molecule has 1 aliphatic rings. The molecule has 23 heavy (non-hydrogen) atoms. The molecule has 0 saturated heterocycles. The summed E-state index contributed by atoms with van der Waals surface area (Å²) >= 11 is 0. The van der Waals surface area contributed by atoms with Crippen LogP contribution in [0.25, 0.3) is 0 Å². The number of rotatable bonds is 6. The number of aromatic nitrogens is 3. The van der Waals surface area contributed by atoms with E-state index < -0.39 is 0 Å². The molecule has 0 bridgehead atoms. The van der Waals surface area contributed by atoms with Crippen molar-refractivity contribution in [2.45, 2.75) is 45.1 Å². The van der Waals surface area contributed by atoms with Crippen LogP contribution in [-0.4, -0.2) is 27.3 Å². The molecule has 0 aliphatic heterocycles. The lowest BCUT2D eigenvalue weighted by Gasteiger charge is -2.14. The Bertz CT molecular complexity index is 675. The molecule has 3 rings (SSSR count). The van der Waals surface area contributed by atoms with Crippen LogP contribution < -0.4 is 10.6 Å². The Balaban J connectivity index is 1.51. The highest BCUT2D eigenvalue weighted by atomic mass is 16.2. The standard InChI is InChI=1S/C17H23N5O/c1-12(2)14-5-3-4-6-15(14)20-17(23)18-9-10-22-11-19-21-16(22)13-7-8-13/h3-6,11-13H,7-10H2,1-2H3,(H2,18,20,23). The van der Waals surface area contributed by atoms with Gasteiger partial charge < -0.3 is 15.2 Å². The lowest BCUT2D eigenvalue weighted by molar-refractivity contribution is 0.251. The van der Waals surface area contributed by atoms with Gasteiger partial charge >= 0.3 is 6.03 Å². The lowest BCUT2D eigenvalue weighted by Crippen LogP contribution is -2.32. The molecule has 2 amide bonds. The molecule has 0 spiro atoms. The molecule has 1 fully saturated rings. The number of carbonyl (C=O) groups excluding carboxylic acids is 1. The normalized spacial score (nSPS) is 14.0. The van der Waals surface area contributed by atoms with Crippen molar-refractivity contribution in [2.24, 2.45) is 0 Å². The second-order valence-corrected chi connectivity index (χ2v) is 6.28. The molecule has 0 atom stereocenters. The van der Waals surface area contributed by atoms with Crippen molar-refractivity contribution in [3.05, 3.63) is 42.0 Å². The van der Waals surface area contributed by atoms with Crippen LogP contribution in [0.15, 0.2) is 30.6 Å². The average Bonchev–Trinajstić information content (AvgIpc) is 3.27. The van der Waals surface area contributed by atoms with Crippen molar-refractivity contribution < 1.29 is 4.79 Å². The summed E-state index contributed by atoms with van der Waals surface area (Å²) in [6, 6.07) is 7.71. The number of carbonyl (C=O) groups is 1. The Hall–Kier alpha value is -2.37. The van der Waals surface area contributed by atoms with E-state index >= 15 is 0 Å². The third-order valence-electron chi connectivity index (χ3n) is 4.06. The number of amides is 2. The molecule has 122 valence electrons. The summed E-state index contributed by atoms with van der Waals surface area (Å²) in [4.78, 5) is 12.1. The summed E-state index contributed by atoms with van der Waals surface area (Å²) in [6.45, 7) is 5.47. The van der Waals surface area contributed by atoms with Crippen molar-refractivity contribution in [2.75, 3.05) is 11.9 Å². The highest BCUT2D eigenvalue weighted by Crippen LogP contribution is 2.38. The van der Waals surface area contributed by atoms with E-state index in [1.165, 1.54) is 12.8 Å². The maximum atomic E-state index is 12.1. The number of nitrogens with zero attached hydrogens (tertiary/aromatic N) is 3. The fourth-order valence-electron chi connectivity index (χ4n) is 2.66. The monoisotopic (exact) mass is 313 g/mol. The third-order valence-corrected chi connectivity index (χ3v) is 4.06. The molecule has 1 saturated carbocycles. The lowest BCUT2D eigenvalue weighted by atomic mass is 10.0. The average molecular weight is 313 g/mol. The maximum absolute atomic E-state index is 12.1. The molecule has 1 aromatic heterocycles.